The summed E-state index contributed by atoms with van der Waals surface area (Å²) >= 11 is 1.32. The average molecular weight is 497 g/mol. The van der Waals surface area contributed by atoms with Gasteiger partial charge in [-0.1, -0.05) is 47.7 Å². The summed E-state index contributed by atoms with van der Waals surface area (Å²) in [5, 5.41) is 21.9. The van der Waals surface area contributed by atoms with Crippen molar-refractivity contribution in [3.05, 3.63) is 101 Å². The highest BCUT2D eigenvalue weighted by atomic mass is 32.1. The number of aromatic nitrogens is 1. The van der Waals surface area contributed by atoms with Crippen LogP contribution in [-0.2, 0) is 4.79 Å². The summed E-state index contributed by atoms with van der Waals surface area (Å²) in [6, 6.07) is 18.0. The zero-order valence-corrected chi connectivity index (χ0v) is 20.2. The number of thiazole rings is 1. The number of para-hydroxylation sites is 1. The van der Waals surface area contributed by atoms with Crippen molar-refractivity contribution in [2.45, 2.75) is 19.9 Å². The smallest absolute Gasteiger partial charge is 0.296 e. The number of ketones is 1. The molecular formula is C28H20N2O5S. The third-order valence-electron chi connectivity index (χ3n) is 6.34. The number of anilines is 1. The molecule has 178 valence electrons. The van der Waals surface area contributed by atoms with E-state index in [1.165, 1.54) is 28.4 Å². The molecule has 1 aliphatic rings. The Kier molecular flexibility index (Phi) is 4.94. The first-order chi connectivity index (χ1) is 17.3. The number of carbonyl (C=O) groups excluding carboxylic acids is 2. The van der Waals surface area contributed by atoms with Gasteiger partial charge in [0.25, 0.3) is 5.91 Å². The van der Waals surface area contributed by atoms with Crippen molar-refractivity contribution in [2.75, 3.05) is 4.90 Å². The number of amides is 1. The van der Waals surface area contributed by atoms with Crippen molar-refractivity contribution in [2.24, 2.45) is 0 Å². The maximum absolute atomic E-state index is 13.7. The maximum Gasteiger partial charge on any atom is 0.296 e. The van der Waals surface area contributed by atoms with Gasteiger partial charge in [-0.25, -0.2) is 4.98 Å². The number of benzene rings is 3. The second kappa shape index (κ2) is 8.07. The normalized spacial score (nSPS) is 16.0. The molecule has 2 aromatic heterocycles. The summed E-state index contributed by atoms with van der Waals surface area (Å²) in [5.41, 5.74) is 3.76. The Morgan fingerprint density at radius 1 is 1.03 bits per heavy atom. The number of furan rings is 1. The van der Waals surface area contributed by atoms with Crippen molar-refractivity contribution in [1.82, 2.24) is 4.98 Å². The van der Waals surface area contributed by atoms with Gasteiger partial charge in [-0.3, -0.25) is 14.5 Å². The number of phenolic OH excluding ortho intramolecular Hbond substituents is 1. The molecule has 0 saturated heterocycles. The van der Waals surface area contributed by atoms with Crippen molar-refractivity contribution in [3.8, 4) is 5.75 Å². The predicted octanol–water partition coefficient (Wildman–Crippen LogP) is 6.15. The number of aromatic hydroxyl groups is 1. The Bertz CT molecular complexity index is 1700. The number of hydrogen-bond donors (Lipinski definition) is 2. The summed E-state index contributed by atoms with van der Waals surface area (Å²) in [6.07, 6.45) is 0. The van der Waals surface area contributed by atoms with Gasteiger partial charge < -0.3 is 14.6 Å². The molecule has 1 atom stereocenters. The van der Waals surface area contributed by atoms with Gasteiger partial charge in [-0.15, -0.1) is 0 Å². The van der Waals surface area contributed by atoms with Crippen molar-refractivity contribution < 1.29 is 24.2 Å². The van der Waals surface area contributed by atoms with E-state index in [0.29, 0.717) is 16.3 Å². The van der Waals surface area contributed by atoms with Gasteiger partial charge in [0.2, 0.25) is 5.78 Å². The predicted molar refractivity (Wildman–Crippen MR) is 138 cm³/mol. The van der Waals surface area contributed by atoms with Gasteiger partial charge in [0.15, 0.2) is 16.7 Å². The zero-order chi connectivity index (χ0) is 25.1. The maximum atomic E-state index is 13.7. The molecule has 6 rings (SSSR count). The fourth-order valence-electron chi connectivity index (χ4n) is 4.69. The van der Waals surface area contributed by atoms with E-state index in [4.69, 9.17) is 9.40 Å². The molecule has 0 fully saturated rings. The number of aliphatic hydroxyl groups is 1. The number of Topliss-reactive ketones (excluding diaryl/α,β-unsaturated/α-hetero) is 1. The van der Waals surface area contributed by atoms with E-state index in [-0.39, 0.29) is 17.1 Å². The molecule has 0 unspecified atom stereocenters. The SMILES string of the molecule is Cc1cc(C)c2nc(N3C(=O)C(O)=C(C(=O)c4cc5ccccc5o4)[C@@H]3c3ccc(O)cc3)sc2c1. The Morgan fingerprint density at radius 3 is 2.53 bits per heavy atom. The molecule has 0 spiro atoms. The van der Waals surface area contributed by atoms with Crippen LogP contribution in [0.2, 0.25) is 0 Å². The van der Waals surface area contributed by atoms with Crippen LogP contribution < -0.4 is 4.90 Å². The highest BCUT2D eigenvalue weighted by molar-refractivity contribution is 7.22. The third kappa shape index (κ3) is 3.37. The lowest BCUT2D eigenvalue weighted by Gasteiger charge is -2.24. The number of rotatable bonds is 4. The Hall–Kier alpha value is -4.43. The lowest BCUT2D eigenvalue weighted by molar-refractivity contribution is -0.117. The Labute approximate surface area is 209 Å². The van der Waals surface area contributed by atoms with Crippen LogP contribution in [0.25, 0.3) is 21.2 Å². The van der Waals surface area contributed by atoms with E-state index in [1.54, 1.807) is 30.3 Å². The van der Waals surface area contributed by atoms with Crippen LogP contribution in [0.15, 0.2) is 82.5 Å². The number of nitrogens with zero attached hydrogens (tertiary/aromatic N) is 2. The Morgan fingerprint density at radius 2 is 1.78 bits per heavy atom. The second-order valence-electron chi connectivity index (χ2n) is 8.83. The molecule has 2 N–H and O–H groups in total. The standard InChI is InChI=1S/C28H20N2O5S/c1-14-11-15(2)23-21(12-14)36-28(29-23)30-24(16-7-9-18(31)10-8-16)22(26(33)27(30)34)25(32)20-13-17-5-3-4-6-19(17)35-20/h3-13,24,31,33H,1-2H3/t24-/m0/s1. The summed E-state index contributed by atoms with van der Waals surface area (Å²) in [5.74, 6) is -1.90. The summed E-state index contributed by atoms with van der Waals surface area (Å²) < 4.78 is 6.67. The highest BCUT2D eigenvalue weighted by Gasteiger charge is 2.46. The van der Waals surface area contributed by atoms with E-state index in [9.17, 15) is 19.8 Å². The first-order valence-electron chi connectivity index (χ1n) is 11.3. The fraction of sp³-hybridized carbons (Fsp3) is 0.107. The van der Waals surface area contributed by atoms with Crippen LogP contribution >= 0.6 is 11.3 Å². The second-order valence-corrected chi connectivity index (χ2v) is 9.84. The van der Waals surface area contributed by atoms with Crippen LogP contribution in [0, 0.1) is 13.8 Å². The minimum atomic E-state index is -0.958. The monoisotopic (exact) mass is 496 g/mol. The topological polar surface area (TPSA) is 104 Å². The minimum absolute atomic E-state index is 0.0203. The van der Waals surface area contributed by atoms with Crippen LogP contribution in [0.3, 0.4) is 0 Å². The third-order valence-corrected chi connectivity index (χ3v) is 7.34. The van der Waals surface area contributed by atoms with Crippen molar-refractivity contribution in [3.63, 3.8) is 0 Å². The molecule has 0 aliphatic carbocycles. The van der Waals surface area contributed by atoms with Gasteiger partial charge in [-0.2, -0.15) is 0 Å². The molecule has 7 nitrogen and oxygen atoms in total. The van der Waals surface area contributed by atoms with E-state index in [1.807, 2.05) is 38.1 Å². The Balaban J connectivity index is 1.52. The van der Waals surface area contributed by atoms with E-state index in [0.717, 1.165) is 26.7 Å². The molecule has 1 aliphatic heterocycles. The summed E-state index contributed by atoms with van der Waals surface area (Å²) in [4.78, 5) is 33.2. The molecule has 5 aromatic rings. The molecule has 0 bridgehead atoms. The average Bonchev–Trinajstić information content (AvgIpc) is 3.54. The lowest BCUT2D eigenvalue weighted by Crippen LogP contribution is -2.30. The fourth-order valence-corrected chi connectivity index (χ4v) is 5.86. The number of phenols is 1. The number of carbonyl (C=O) groups is 2. The van der Waals surface area contributed by atoms with Gasteiger partial charge in [0.05, 0.1) is 21.8 Å². The van der Waals surface area contributed by atoms with E-state index >= 15 is 0 Å². The van der Waals surface area contributed by atoms with Crippen molar-refractivity contribution >= 4 is 49.3 Å². The molecule has 3 heterocycles. The number of aliphatic hydroxyl groups excluding tert-OH is 1. The largest absolute Gasteiger partial charge is 0.508 e. The number of hydrogen-bond acceptors (Lipinski definition) is 7. The van der Waals surface area contributed by atoms with Crippen LogP contribution in [0.5, 0.6) is 5.75 Å². The quantitative estimate of drug-likeness (QED) is 0.289. The van der Waals surface area contributed by atoms with Gasteiger partial charge in [-0.05, 0) is 60.9 Å². The van der Waals surface area contributed by atoms with Crippen LogP contribution in [0.1, 0.15) is 33.3 Å². The molecule has 0 saturated carbocycles. The molecule has 3 aromatic carbocycles. The van der Waals surface area contributed by atoms with Gasteiger partial charge in [0, 0.05) is 5.39 Å². The van der Waals surface area contributed by atoms with Gasteiger partial charge >= 0.3 is 0 Å². The summed E-state index contributed by atoms with van der Waals surface area (Å²) in [7, 11) is 0. The number of fused-ring (bicyclic) bond motifs is 2. The number of aryl methyl sites for hydroxylation is 2. The molecule has 8 heteroatoms. The lowest BCUT2D eigenvalue weighted by atomic mass is 9.95. The van der Waals surface area contributed by atoms with Crippen LogP contribution in [0.4, 0.5) is 5.13 Å². The molecule has 0 radical (unpaired) electrons. The highest BCUT2D eigenvalue weighted by Crippen LogP contribution is 2.45. The first-order valence-corrected chi connectivity index (χ1v) is 12.1. The van der Waals surface area contributed by atoms with E-state index in [2.05, 4.69) is 0 Å². The molecule has 36 heavy (non-hydrogen) atoms. The van der Waals surface area contributed by atoms with E-state index < -0.39 is 23.5 Å². The zero-order valence-electron chi connectivity index (χ0n) is 19.4. The van der Waals surface area contributed by atoms with Crippen molar-refractivity contribution in [1.29, 1.82) is 0 Å². The van der Waals surface area contributed by atoms with Crippen LogP contribution in [-0.4, -0.2) is 26.9 Å². The summed E-state index contributed by atoms with van der Waals surface area (Å²) in [6.45, 7) is 3.94. The molecular weight excluding hydrogens is 476 g/mol. The molecule has 1 amide bonds. The first kappa shape index (κ1) is 22.1. The minimum Gasteiger partial charge on any atom is -0.508 e. The van der Waals surface area contributed by atoms with Gasteiger partial charge in [0.1, 0.15) is 11.3 Å².